The molecule has 26 heavy (non-hydrogen) atoms. The molecule has 1 aromatic rings. The molecule has 1 amide bonds. The molecule has 1 aromatic carbocycles. The molecule has 2 aliphatic heterocycles. The van der Waals surface area contributed by atoms with Crippen molar-refractivity contribution in [1.82, 2.24) is 14.9 Å². The molecule has 2 saturated heterocycles. The van der Waals surface area contributed by atoms with E-state index in [1.165, 1.54) is 12.1 Å². The summed E-state index contributed by atoms with van der Waals surface area (Å²) in [4.78, 5) is 14.7. The summed E-state index contributed by atoms with van der Waals surface area (Å²) in [6.45, 7) is 5.87. The summed E-state index contributed by atoms with van der Waals surface area (Å²) in [5.74, 6) is 0.172. The average molecular weight is 381 g/mol. The second kappa shape index (κ2) is 8.47. The van der Waals surface area contributed by atoms with E-state index >= 15 is 0 Å². The summed E-state index contributed by atoms with van der Waals surface area (Å²) in [6, 6.07) is 6.40. The molecule has 3 rings (SSSR count). The van der Waals surface area contributed by atoms with E-state index in [0.717, 1.165) is 25.9 Å². The monoisotopic (exact) mass is 381 g/mol. The maximum Gasteiger partial charge on any atom is 0.254 e. The van der Waals surface area contributed by atoms with Gasteiger partial charge in [0.25, 0.3) is 5.91 Å². The van der Waals surface area contributed by atoms with Crippen LogP contribution in [0.1, 0.15) is 30.1 Å². The molecule has 0 aliphatic carbocycles. The van der Waals surface area contributed by atoms with Crippen LogP contribution in [-0.4, -0.2) is 64.7 Å². The summed E-state index contributed by atoms with van der Waals surface area (Å²) < 4.78 is 33.2. The van der Waals surface area contributed by atoms with Crippen LogP contribution in [0.25, 0.3) is 0 Å². The Morgan fingerprint density at radius 2 is 2.12 bits per heavy atom. The summed E-state index contributed by atoms with van der Waals surface area (Å²) >= 11 is 0. The molecular formula is C18H27N3O4S. The zero-order valence-electron chi connectivity index (χ0n) is 15.1. The lowest BCUT2D eigenvalue weighted by Crippen LogP contribution is -2.52. The summed E-state index contributed by atoms with van der Waals surface area (Å²) in [7, 11) is -3.63. The lowest BCUT2D eigenvalue weighted by Gasteiger charge is -2.34. The van der Waals surface area contributed by atoms with E-state index < -0.39 is 10.0 Å². The lowest BCUT2D eigenvalue weighted by atomic mass is 10.0. The number of ether oxygens (including phenoxy) is 1. The molecule has 0 saturated carbocycles. The van der Waals surface area contributed by atoms with Gasteiger partial charge in [0.15, 0.2) is 0 Å². The third kappa shape index (κ3) is 4.62. The summed E-state index contributed by atoms with van der Waals surface area (Å²) in [5, 5.41) is 3.25. The van der Waals surface area contributed by atoms with Gasteiger partial charge < -0.3 is 15.0 Å². The minimum absolute atomic E-state index is 0.0863. The van der Waals surface area contributed by atoms with Gasteiger partial charge in [0.05, 0.1) is 4.90 Å². The van der Waals surface area contributed by atoms with Gasteiger partial charge in [0.2, 0.25) is 10.0 Å². The van der Waals surface area contributed by atoms with Crippen LogP contribution in [0.5, 0.6) is 0 Å². The van der Waals surface area contributed by atoms with Crippen molar-refractivity contribution < 1.29 is 17.9 Å². The Labute approximate surface area is 155 Å². The number of carbonyl (C=O) groups excluding carboxylic acids is 1. The smallest absolute Gasteiger partial charge is 0.254 e. The molecule has 0 bridgehead atoms. The van der Waals surface area contributed by atoms with E-state index in [-0.39, 0.29) is 16.8 Å². The molecule has 0 aromatic heterocycles. The number of nitrogens with zero attached hydrogens (tertiary/aromatic N) is 1. The SMILES string of the molecule is C[C@@H]1CNCCN1C(=O)c1cccc(S(=O)(=O)NCC2CCOCC2)c1. The van der Waals surface area contributed by atoms with Crippen molar-refractivity contribution in [2.45, 2.75) is 30.7 Å². The Balaban J connectivity index is 1.70. The molecule has 2 heterocycles. The Hall–Kier alpha value is -1.48. The van der Waals surface area contributed by atoms with Crippen LogP contribution in [0.4, 0.5) is 0 Å². The largest absolute Gasteiger partial charge is 0.381 e. The second-order valence-electron chi connectivity index (χ2n) is 6.99. The van der Waals surface area contributed by atoms with Crippen molar-refractivity contribution in [2.24, 2.45) is 5.92 Å². The summed E-state index contributed by atoms with van der Waals surface area (Å²) in [5.41, 5.74) is 0.410. The van der Waals surface area contributed by atoms with Gasteiger partial charge in [-0.25, -0.2) is 13.1 Å². The van der Waals surface area contributed by atoms with Gasteiger partial charge in [0.1, 0.15) is 0 Å². The first kappa shape index (κ1) is 19.3. The number of benzene rings is 1. The zero-order chi connectivity index (χ0) is 18.6. The molecule has 2 aliphatic rings. The first-order valence-corrected chi connectivity index (χ1v) is 10.6. The number of sulfonamides is 1. The molecule has 1 atom stereocenters. The fraction of sp³-hybridized carbons (Fsp3) is 0.611. The number of hydrogen-bond acceptors (Lipinski definition) is 5. The van der Waals surface area contributed by atoms with Crippen molar-refractivity contribution in [1.29, 1.82) is 0 Å². The Morgan fingerprint density at radius 1 is 1.35 bits per heavy atom. The summed E-state index contributed by atoms with van der Waals surface area (Å²) in [6.07, 6.45) is 1.73. The predicted octanol–water partition coefficient (Wildman–Crippen LogP) is 0.825. The number of rotatable bonds is 5. The van der Waals surface area contributed by atoms with Gasteiger partial charge in [-0.2, -0.15) is 0 Å². The number of hydrogen-bond donors (Lipinski definition) is 2. The molecule has 0 spiro atoms. The van der Waals surface area contributed by atoms with E-state index in [2.05, 4.69) is 10.0 Å². The van der Waals surface area contributed by atoms with E-state index in [4.69, 9.17) is 4.74 Å². The van der Waals surface area contributed by atoms with Crippen molar-refractivity contribution in [3.05, 3.63) is 29.8 Å². The van der Waals surface area contributed by atoms with E-state index in [1.807, 2.05) is 6.92 Å². The fourth-order valence-electron chi connectivity index (χ4n) is 3.37. The van der Waals surface area contributed by atoms with Crippen LogP contribution in [0.3, 0.4) is 0 Å². The standard InChI is InChI=1S/C18H27N3O4S/c1-14-12-19-7-8-21(14)18(22)16-3-2-4-17(11-16)26(23,24)20-13-15-5-9-25-10-6-15/h2-4,11,14-15,19-20H,5-10,12-13H2,1H3/t14-/m1/s1. The van der Waals surface area contributed by atoms with Crippen LogP contribution in [0.15, 0.2) is 29.2 Å². The lowest BCUT2D eigenvalue weighted by molar-refractivity contribution is 0.0655. The third-order valence-electron chi connectivity index (χ3n) is 5.06. The quantitative estimate of drug-likeness (QED) is 0.789. The van der Waals surface area contributed by atoms with E-state index in [1.54, 1.807) is 17.0 Å². The minimum Gasteiger partial charge on any atom is -0.381 e. The number of nitrogens with one attached hydrogen (secondary N) is 2. The average Bonchev–Trinajstić information content (AvgIpc) is 2.67. The highest BCUT2D eigenvalue weighted by Gasteiger charge is 2.25. The first-order chi connectivity index (χ1) is 12.5. The van der Waals surface area contributed by atoms with E-state index in [9.17, 15) is 13.2 Å². The first-order valence-electron chi connectivity index (χ1n) is 9.16. The van der Waals surface area contributed by atoms with E-state index in [0.29, 0.717) is 37.8 Å². The van der Waals surface area contributed by atoms with Gasteiger partial charge >= 0.3 is 0 Å². The molecule has 2 N–H and O–H groups in total. The number of piperazine rings is 1. The van der Waals surface area contributed by atoms with Crippen molar-refractivity contribution in [3.63, 3.8) is 0 Å². The Bertz CT molecular complexity index is 732. The second-order valence-corrected chi connectivity index (χ2v) is 8.75. The highest BCUT2D eigenvalue weighted by Crippen LogP contribution is 2.18. The Morgan fingerprint density at radius 3 is 2.85 bits per heavy atom. The molecule has 8 heteroatoms. The van der Waals surface area contributed by atoms with Crippen LogP contribution < -0.4 is 10.0 Å². The van der Waals surface area contributed by atoms with Crippen LogP contribution in [0, 0.1) is 5.92 Å². The molecule has 7 nitrogen and oxygen atoms in total. The van der Waals surface area contributed by atoms with Crippen molar-refractivity contribution in [2.75, 3.05) is 39.4 Å². The van der Waals surface area contributed by atoms with Crippen LogP contribution in [0.2, 0.25) is 0 Å². The molecule has 0 unspecified atom stereocenters. The molecule has 144 valence electrons. The maximum absolute atomic E-state index is 12.8. The number of carbonyl (C=O) groups is 1. The van der Waals surface area contributed by atoms with Crippen LogP contribution >= 0.6 is 0 Å². The normalized spacial score (nSPS) is 22.3. The van der Waals surface area contributed by atoms with Gasteiger partial charge in [0, 0.05) is 51.0 Å². The van der Waals surface area contributed by atoms with Crippen molar-refractivity contribution >= 4 is 15.9 Å². The molecular weight excluding hydrogens is 354 g/mol. The van der Waals surface area contributed by atoms with Crippen LogP contribution in [-0.2, 0) is 14.8 Å². The third-order valence-corrected chi connectivity index (χ3v) is 6.48. The fourth-order valence-corrected chi connectivity index (χ4v) is 4.53. The maximum atomic E-state index is 12.8. The highest BCUT2D eigenvalue weighted by atomic mass is 32.2. The predicted molar refractivity (Wildman–Crippen MR) is 98.5 cm³/mol. The van der Waals surface area contributed by atoms with Gasteiger partial charge in [-0.1, -0.05) is 6.07 Å². The Kier molecular flexibility index (Phi) is 6.29. The highest BCUT2D eigenvalue weighted by molar-refractivity contribution is 7.89. The molecule has 0 radical (unpaired) electrons. The van der Waals surface area contributed by atoms with Crippen molar-refractivity contribution in [3.8, 4) is 0 Å². The number of amides is 1. The zero-order valence-corrected chi connectivity index (χ0v) is 15.9. The topological polar surface area (TPSA) is 87.7 Å². The molecule has 2 fully saturated rings. The van der Waals surface area contributed by atoms with Gasteiger partial charge in [-0.15, -0.1) is 0 Å². The van der Waals surface area contributed by atoms with Gasteiger partial charge in [-0.05, 0) is 43.9 Å². The van der Waals surface area contributed by atoms with Gasteiger partial charge in [-0.3, -0.25) is 4.79 Å². The minimum atomic E-state index is -3.63.